The number of nitrogens with zero attached hydrogens (tertiary/aromatic N) is 1. The molecular weight excluding hydrogens is 426 g/mol. The molecule has 0 fully saturated rings. The van der Waals surface area contributed by atoms with Crippen molar-refractivity contribution in [3.8, 4) is 0 Å². The summed E-state index contributed by atoms with van der Waals surface area (Å²) in [6.07, 6.45) is 1.78. The molecule has 142 valence electrons. The Kier molecular flexibility index (Phi) is 6.28. The van der Waals surface area contributed by atoms with Gasteiger partial charge in [-0.2, -0.15) is 0 Å². The summed E-state index contributed by atoms with van der Waals surface area (Å²) in [5.74, 6) is -0.622. The van der Waals surface area contributed by atoms with Crippen LogP contribution in [0.3, 0.4) is 0 Å². The third kappa shape index (κ3) is 4.56. The molecule has 0 amide bonds. The van der Waals surface area contributed by atoms with Crippen molar-refractivity contribution in [3.63, 3.8) is 0 Å². The normalized spacial score (nSPS) is 12.4. The fourth-order valence-corrected chi connectivity index (χ4v) is 4.09. The molecule has 0 bridgehead atoms. The van der Waals surface area contributed by atoms with E-state index in [1.165, 1.54) is 16.8 Å². The minimum atomic E-state index is -0.740. The Morgan fingerprint density at radius 2 is 1.93 bits per heavy atom. The smallest absolute Gasteiger partial charge is 0.303 e. The monoisotopic (exact) mass is 447 g/mol. The second-order valence-corrected chi connectivity index (χ2v) is 8.37. The van der Waals surface area contributed by atoms with Crippen LogP contribution in [0.2, 0.25) is 5.02 Å². The van der Waals surface area contributed by atoms with Crippen molar-refractivity contribution in [2.75, 3.05) is 0 Å². The molecule has 0 saturated heterocycles. The van der Waals surface area contributed by atoms with Crippen molar-refractivity contribution in [1.82, 2.24) is 4.57 Å². The zero-order valence-electron chi connectivity index (χ0n) is 15.5. The average molecular weight is 449 g/mol. The standard InChI is InChI=1S/C22H23BrClNO2/c1-3-15(11-22(26)27)10-19-14(2)25(13-16-4-6-17(23)7-5-16)21-9-8-18(24)12-20(19)21/h4-9,12,15H,3,10-11,13H2,1-2H3,(H,26,27). The molecule has 5 heteroatoms. The number of carboxylic acids is 1. The van der Waals surface area contributed by atoms with Crippen LogP contribution in [0.15, 0.2) is 46.9 Å². The van der Waals surface area contributed by atoms with Gasteiger partial charge in [-0.1, -0.05) is 53.0 Å². The van der Waals surface area contributed by atoms with E-state index in [4.69, 9.17) is 11.6 Å². The molecular formula is C22H23BrClNO2. The van der Waals surface area contributed by atoms with Crippen LogP contribution >= 0.6 is 27.5 Å². The quantitative estimate of drug-likeness (QED) is 0.451. The van der Waals surface area contributed by atoms with Gasteiger partial charge in [0.05, 0.1) is 0 Å². The number of halogens is 2. The largest absolute Gasteiger partial charge is 0.481 e. The number of aliphatic carboxylic acids is 1. The lowest BCUT2D eigenvalue weighted by Gasteiger charge is -2.13. The molecule has 3 rings (SSSR count). The summed E-state index contributed by atoms with van der Waals surface area (Å²) in [7, 11) is 0. The first-order valence-electron chi connectivity index (χ1n) is 9.12. The van der Waals surface area contributed by atoms with Crippen LogP contribution in [-0.2, 0) is 17.8 Å². The van der Waals surface area contributed by atoms with Gasteiger partial charge in [-0.05, 0) is 60.7 Å². The van der Waals surface area contributed by atoms with Crippen LogP contribution in [0.1, 0.15) is 36.6 Å². The molecule has 1 N–H and O–H groups in total. The van der Waals surface area contributed by atoms with Gasteiger partial charge in [-0.25, -0.2) is 0 Å². The van der Waals surface area contributed by atoms with E-state index in [9.17, 15) is 9.90 Å². The highest BCUT2D eigenvalue weighted by molar-refractivity contribution is 9.10. The molecule has 0 aliphatic heterocycles. The van der Waals surface area contributed by atoms with Gasteiger partial charge >= 0.3 is 5.97 Å². The van der Waals surface area contributed by atoms with Crippen molar-refractivity contribution in [2.45, 2.75) is 39.7 Å². The first-order valence-corrected chi connectivity index (χ1v) is 10.3. The summed E-state index contributed by atoms with van der Waals surface area (Å²) in [6.45, 7) is 4.94. The van der Waals surface area contributed by atoms with E-state index in [-0.39, 0.29) is 12.3 Å². The molecule has 2 aromatic carbocycles. The summed E-state index contributed by atoms with van der Waals surface area (Å²) in [5, 5.41) is 11.0. The predicted molar refractivity (Wildman–Crippen MR) is 115 cm³/mol. The zero-order chi connectivity index (χ0) is 19.6. The molecule has 0 aliphatic rings. The van der Waals surface area contributed by atoms with Gasteiger partial charge in [0, 0.05) is 39.1 Å². The summed E-state index contributed by atoms with van der Waals surface area (Å²) in [5.41, 5.74) is 4.74. The molecule has 1 heterocycles. The highest BCUT2D eigenvalue weighted by Crippen LogP contribution is 2.32. The third-order valence-electron chi connectivity index (χ3n) is 5.20. The molecule has 0 aliphatic carbocycles. The van der Waals surface area contributed by atoms with E-state index in [0.29, 0.717) is 5.02 Å². The molecule has 0 radical (unpaired) electrons. The summed E-state index contributed by atoms with van der Waals surface area (Å²) in [4.78, 5) is 11.2. The van der Waals surface area contributed by atoms with Crippen LogP contribution < -0.4 is 0 Å². The molecule has 1 aromatic heterocycles. The number of hydrogen-bond acceptors (Lipinski definition) is 1. The Labute approximate surface area is 173 Å². The molecule has 0 saturated carbocycles. The number of benzene rings is 2. The first kappa shape index (κ1) is 20.0. The summed E-state index contributed by atoms with van der Waals surface area (Å²) < 4.78 is 3.37. The maximum Gasteiger partial charge on any atom is 0.303 e. The minimum absolute atomic E-state index is 0.118. The van der Waals surface area contributed by atoms with Crippen molar-refractivity contribution in [2.24, 2.45) is 5.92 Å². The van der Waals surface area contributed by atoms with Crippen molar-refractivity contribution < 1.29 is 9.90 Å². The highest BCUT2D eigenvalue weighted by Gasteiger charge is 2.19. The van der Waals surface area contributed by atoms with Gasteiger partial charge in [0.25, 0.3) is 0 Å². The van der Waals surface area contributed by atoms with E-state index < -0.39 is 5.97 Å². The molecule has 1 unspecified atom stereocenters. The topological polar surface area (TPSA) is 42.2 Å². The van der Waals surface area contributed by atoms with Crippen LogP contribution in [0.5, 0.6) is 0 Å². The number of aromatic nitrogens is 1. The van der Waals surface area contributed by atoms with Gasteiger partial charge in [-0.15, -0.1) is 0 Å². The fraction of sp³-hybridized carbons (Fsp3) is 0.318. The number of fused-ring (bicyclic) bond motifs is 1. The van der Waals surface area contributed by atoms with E-state index in [1.807, 2.05) is 24.3 Å². The Hall–Kier alpha value is -1.78. The molecule has 1 atom stereocenters. The summed E-state index contributed by atoms with van der Waals surface area (Å²) >= 11 is 9.76. The Balaban J connectivity index is 2.05. The lowest BCUT2D eigenvalue weighted by molar-refractivity contribution is -0.138. The Morgan fingerprint density at radius 3 is 2.56 bits per heavy atom. The maximum absolute atomic E-state index is 11.2. The molecule has 3 aromatic rings. The van der Waals surface area contributed by atoms with Crippen LogP contribution in [0.25, 0.3) is 10.9 Å². The molecule has 0 spiro atoms. The number of carboxylic acid groups (broad SMARTS) is 1. The maximum atomic E-state index is 11.2. The van der Waals surface area contributed by atoms with Gasteiger partial charge in [-0.3, -0.25) is 4.79 Å². The van der Waals surface area contributed by atoms with Crippen LogP contribution in [0.4, 0.5) is 0 Å². The van der Waals surface area contributed by atoms with Gasteiger partial charge < -0.3 is 9.67 Å². The van der Waals surface area contributed by atoms with Crippen LogP contribution in [0, 0.1) is 12.8 Å². The number of rotatable bonds is 7. The molecule has 27 heavy (non-hydrogen) atoms. The zero-order valence-corrected chi connectivity index (χ0v) is 17.8. The van der Waals surface area contributed by atoms with Gasteiger partial charge in [0.2, 0.25) is 0 Å². The number of carbonyl (C=O) groups is 1. The third-order valence-corrected chi connectivity index (χ3v) is 5.97. The van der Waals surface area contributed by atoms with Crippen molar-refractivity contribution >= 4 is 44.4 Å². The van der Waals surface area contributed by atoms with Crippen LogP contribution in [-0.4, -0.2) is 15.6 Å². The fourth-order valence-electron chi connectivity index (χ4n) is 3.65. The van der Waals surface area contributed by atoms with E-state index in [2.05, 4.69) is 52.5 Å². The Morgan fingerprint density at radius 1 is 1.22 bits per heavy atom. The Bertz CT molecular complexity index is 963. The lowest BCUT2D eigenvalue weighted by Crippen LogP contribution is -2.11. The minimum Gasteiger partial charge on any atom is -0.481 e. The number of hydrogen-bond donors (Lipinski definition) is 1. The average Bonchev–Trinajstić information content (AvgIpc) is 2.87. The van der Waals surface area contributed by atoms with E-state index in [0.717, 1.165) is 34.8 Å². The first-order chi connectivity index (χ1) is 12.9. The SMILES string of the molecule is CCC(CC(=O)O)Cc1c(C)n(Cc2ccc(Br)cc2)c2ccc(Cl)cc12. The second kappa shape index (κ2) is 8.49. The lowest BCUT2D eigenvalue weighted by atomic mass is 9.92. The van der Waals surface area contributed by atoms with Gasteiger partial charge in [0.1, 0.15) is 0 Å². The van der Waals surface area contributed by atoms with Crippen molar-refractivity contribution in [3.05, 3.63) is 68.8 Å². The van der Waals surface area contributed by atoms with E-state index in [1.54, 1.807) is 0 Å². The molecule has 3 nitrogen and oxygen atoms in total. The van der Waals surface area contributed by atoms with Gasteiger partial charge in [0.15, 0.2) is 0 Å². The van der Waals surface area contributed by atoms with E-state index >= 15 is 0 Å². The van der Waals surface area contributed by atoms with Crippen molar-refractivity contribution in [1.29, 1.82) is 0 Å². The highest BCUT2D eigenvalue weighted by atomic mass is 79.9. The predicted octanol–water partition coefficient (Wildman–Crippen LogP) is 6.46. The second-order valence-electron chi connectivity index (χ2n) is 7.01. The summed E-state index contributed by atoms with van der Waals surface area (Å²) in [6, 6.07) is 14.3.